The Morgan fingerprint density at radius 3 is 2.27 bits per heavy atom. The van der Waals surface area contributed by atoms with Crippen molar-refractivity contribution in [2.24, 2.45) is 5.92 Å². The quantitative estimate of drug-likeness (QED) is 0.653. The van der Waals surface area contributed by atoms with E-state index in [0.717, 1.165) is 0 Å². The van der Waals surface area contributed by atoms with Crippen LogP contribution in [-0.2, 0) is 9.53 Å². The molecule has 1 unspecified atom stereocenters. The molecule has 2 nitrogen and oxygen atoms in total. The molecule has 1 rings (SSSR count). The van der Waals surface area contributed by atoms with Crippen molar-refractivity contribution in [1.29, 1.82) is 0 Å². The molecule has 88 valence electrons. The smallest absolute Gasteiger partial charge is 0.161 e. The predicted molar refractivity (Wildman–Crippen MR) is 61.9 cm³/mol. The number of carbonyl (C=O) groups is 1. The third-order valence-corrected chi connectivity index (χ3v) is 3.34. The van der Waals surface area contributed by atoms with Gasteiger partial charge in [0.25, 0.3) is 0 Å². The van der Waals surface area contributed by atoms with Crippen molar-refractivity contribution < 1.29 is 9.53 Å². The zero-order chi connectivity index (χ0) is 11.1. The summed E-state index contributed by atoms with van der Waals surface area (Å²) < 4.78 is 5.64. The Bertz CT molecular complexity index is 181. The maximum atomic E-state index is 11.8. The minimum atomic E-state index is -0.113. The summed E-state index contributed by atoms with van der Waals surface area (Å²) in [5, 5.41) is 0. The highest BCUT2D eigenvalue weighted by atomic mass is 16.5. The molecule has 0 saturated heterocycles. The number of carbonyl (C=O) groups excluding carboxylic acids is 1. The van der Waals surface area contributed by atoms with E-state index in [0.29, 0.717) is 24.7 Å². The van der Waals surface area contributed by atoms with Crippen LogP contribution in [-0.4, -0.2) is 18.5 Å². The van der Waals surface area contributed by atoms with Gasteiger partial charge in [-0.05, 0) is 25.7 Å². The van der Waals surface area contributed by atoms with Gasteiger partial charge in [-0.3, -0.25) is 4.79 Å². The molecule has 0 bridgehead atoms. The fourth-order valence-corrected chi connectivity index (χ4v) is 2.49. The molecule has 2 heteroatoms. The molecule has 0 amide bonds. The number of rotatable bonds is 5. The first-order valence-electron chi connectivity index (χ1n) is 6.43. The summed E-state index contributed by atoms with van der Waals surface area (Å²) in [5.41, 5.74) is 0. The summed E-state index contributed by atoms with van der Waals surface area (Å²) in [5.74, 6) is 0.781. The maximum absolute atomic E-state index is 11.8. The second-order valence-electron chi connectivity index (χ2n) is 4.45. The van der Waals surface area contributed by atoms with Crippen molar-refractivity contribution in [1.82, 2.24) is 0 Å². The molecule has 1 fully saturated rings. The van der Waals surface area contributed by atoms with Gasteiger partial charge in [-0.1, -0.05) is 32.6 Å². The van der Waals surface area contributed by atoms with Crippen LogP contribution in [0.1, 0.15) is 58.8 Å². The van der Waals surface area contributed by atoms with Gasteiger partial charge in [0.1, 0.15) is 6.10 Å². The van der Waals surface area contributed by atoms with Crippen molar-refractivity contribution in [3.8, 4) is 0 Å². The van der Waals surface area contributed by atoms with E-state index in [-0.39, 0.29) is 6.10 Å². The average molecular weight is 212 g/mol. The number of ketones is 1. The molecule has 1 aliphatic rings. The Balaban J connectivity index is 2.55. The van der Waals surface area contributed by atoms with Crippen LogP contribution in [0.15, 0.2) is 0 Å². The summed E-state index contributed by atoms with van der Waals surface area (Å²) in [6, 6.07) is 0. The normalized spacial score (nSPS) is 20.9. The van der Waals surface area contributed by atoms with Crippen LogP contribution in [0.4, 0.5) is 0 Å². The molecule has 0 aliphatic heterocycles. The topological polar surface area (TPSA) is 26.3 Å². The molecule has 15 heavy (non-hydrogen) atoms. The zero-order valence-corrected chi connectivity index (χ0v) is 10.1. The van der Waals surface area contributed by atoms with Gasteiger partial charge in [0.05, 0.1) is 0 Å². The first-order chi connectivity index (χ1) is 7.29. The van der Waals surface area contributed by atoms with Crippen molar-refractivity contribution in [2.75, 3.05) is 6.61 Å². The van der Waals surface area contributed by atoms with Gasteiger partial charge in [0.15, 0.2) is 5.78 Å². The summed E-state index contributed by atoms with van der Waals surface area (Å²) in [7, 11) is 0. The molecule has 0 radical (unpaired) electrons. The molecule has 0 heterocycles. The summed E-state index contributed by atoms with van der Waals surface area (Å²) in [6.45, 7) is 4.57. The second kappa shape index (κ2) is 7.00. The lowest BCUT2D eigenvalue weighted by atomic mass is 9.90. The van der Waals surface area contributed by atoms with Crippen LogP contribution in [0.5, 0.6) is 0 Å². The van der Waals surface area contributed by atoms with E-state index >= 15 is 0 Å². The molecule has 0 aromatic carbocycles. The highest BCUT2D eigenvalue weighted by Gasteiger charge is 2.27. The van der Waals surface area contributed by atoms with Crippen LogP contribution < -0.4 is 0 Å². The van der Waals surface area contributed by atoms with Gasteiger partial charge in [0.2, 0.25) is 0 Å². The monoisotopic (exact) mass is 212 g/mol. The molecule has 1 aliphatic carbocycles. The highest BCUT2D eigenvalue weighted by molar-refractivity contribution is 5.83. The Morgan fingerprint density at radius 2 is 1.80 bits per heavy atom. The first-order valence-corrected chi connectivity index (χ1v) is 6.43. The van der Waals surface area contributed by atoms with Gasteiger partial charge in [0, 0.05) is 13.0 Å². The predicted octanol–water partition coefficient (Wildman–Crippen LogP) is 3.34. The first kappa shape index (κ1) is 12.7. The second-order valence-corrected chi connectivity index (χ2v) is 4.45. The van der Waals surface area contributed by atoms with Crippen molar-refractivity contribution >= 4 is 5.78 Å². The molecule has 1 atom stereocenters. The Labute approximate surface area is 93.4 Å². The molecular formula is C13H24O2. The molecule has 1 saturated carbocycles. The third-order valence-electron chi connectivity index (χ3n) is 3.34. The Hall–Kier alpha value is -0.370. The highest BCUT2D eigenvalue weighted by Crippen LogP contribution is 2.27. The largest absolute Gasteiger partial charge is 0.370 e. The minimum Gasteiger partial charge on any atom is -0.370 e. The van der Waals surface area contributed by atoms with E-state index in [9.17, 15) is 4.79 Å². The number of Topliss-reactive ketones (excluding diaryl/α,β-unsaturated/α-hetero) is 1. The SMILES string of the molecule is CCOC(C(=O)CC)C1CCCCCC1. The van der Waals surface area contributed by atoms with Crippen LogP contribution in [0.2, 0.25) is 0 Å². The van der Waals surface area contributed by atoms with Crippen molar-refractivity contribution in [2.45, 2.75) is 64.9 Å². The summed E-state index contributed by atoms with van der Waals surface area (Å²) >= 11 is 0. The van der Waals surface area contributed by atoms with Gasteiger partial charge in [-0.25, -0.2) is 0 Å². The maximum Gasteiger partial charge on any atom is 0.161 e. The lowest BCUT2D eigenvalue weighted by molar-refractivity contribution is -0.134. The lowest BCUT2D eigenvalue weighted by Gasteiger charge is -2.24. The molecule has 0 N–H and O–H groups in total. The molecule has 0 spiro atoms. The van der Waals surface area contributed by atoms with Crippen molar-refractivity contribution in [3.05, 3.63) is 0 Å². The van der Waals surface area contributed by atoms with E-state index < -0.39 is 0 Å². The number of hydrogen-bond donors (Lipinski definition) is 0. The third kappa shape index (κ3) is 3.94. The summed E-state index contributed by atoms with van der Waals surface area (Å²) in [4.78, 5) is 11.8. The fraction of sp³-hybridized carbons (Fsp3) is 0.923. The van der Waals surface area contributed by atoms with Gasteiger partial charge < -0.3 is 4.74 Å². The van der Waals surface area contributed by atoms with E-state index in [4.69, 9.17) is 4.74 Å². The van der Waals surface area contributed by atoms with Gasteiger partial charge in [-0.2, -0.15) is 0 Å². The number of ether oxygens (including phenoxy) is 1. The zero-order valence-electron chi connectivity index (χ0n) is 10.1. The molecule has 0 aromatic heterocycles. The van der Waals surface area contributed by atoms with E-state index in [2.05, 4.69) is 0 Å². The number of hydrogen-bond acceptors (Lipinski definition) is 2. The van der Waals surface area contributed by atoms with Crippen LogP contribution in [0.3, 0.4) is 0 Å². The van der Waals surface area contributed by atoms with Crippen LogP contribution in [0.25, 0.3) is 0 Å². The van der Waals surface area contributed by atoms with E-state index in [1.54, 1.807) is 0 Å². The summed E-state index contributed by atoms with van der Waals surface area (Å²) in [6.07, 6.45) is 8.05. The van der Waals surface area contributed by atoms with Gasteiger partial charge >= 0.3 is 0 Å². The van der Waals surface area contributed by atoms with Gasteiger partial charge in [-0.15, -0.1) is 0 Å². The van der Waals surface area contributed by atoms with Crippen LogP contribution >= 0.6 is 0 Å². The minimum absolute atomic E-state index is 0.113. The van der Waals surface area contributed by atoms with E-state index in [1.165, 1.54) is 38.5 Å². The van der Waals surface area contributed by atoms with Crippen molar-refractivity contribution in [3.63, 3.8) is 0 Å². The Morgan fingerprint density at radius 1 is 1.20 bits per heavy atom. The standard InChI is InChI=1S/C13H24O2/c1-3-12(14)13(15-4-2)11-9-7-5-6-8-10-11/h11,13H,3-10H2,1-2H3. The lowest BCUT2D eigenvalue weighted by Crippen LogP contribution is -2.32. The van der Waals surface area contributed by atoms with E-state index in [1.807, 2.05) is 13.8 Å². The fourth-order valence-electron chi connectivity index (χ4n) is 2.49. The molecule has 0 aromatic rings. The Kier molecular flexibility index (Phi) is 5.92. The average Bonchev–Trinajstić information content (AvgIpc) is 2.53. The van der Waals surface area contributed by atoms with Crippen LogP contribution in [0, 0.1) is 5.92 Å². The molecular weight excluding hydrogens is 188 g/mol.